The number of nitrogens with two attached hydrogens (primary N) is 1. The van der Waals surface area contributed by atoms with Crippen molar-refractivity contribution in [2.75, 3.05) is 13.6 Å². The third kappa shape index (κ3) is 3.67. The maximum Gasteiger partial charge on any atom is 0.231 e. The Hall–Kier alpha value is -1.42. The summed E-state index contributed by atoms with van der Waals surface area (Å²) in [6, 6.07) is 4.91. The summed E-state index contributed by atoms with van der Waals surface area (Å²) in [7, 11) is 1.80. The van der Waals surface area contributed by atoms with Gasteiger partial charge in [-0.05, 0) is 31.2 Å². The summed E-state index contributed by atoms with van der Waals surface area (Å²) < 4.78 is 13.0. The molecule has 0 fully saturated rings. The Morgan fingerprint density at radius 3 is 2.73 bits per heavy atom. The van der Waals surface area contributed by atoms with E-state index < -0.39 is 0 Å². The molecule has 0 saturated carbocycles. The maximum absolute atomic E-state index is 13.0. The Labute approximate surface area is 88.7 Å². The van der Waals surface area contributed by atoms with Crippen molar-refractivity contribution in [1.82, 2.24) is 4.90 Å². The van der Waals surface area contributed by atoms with Gasteiger partial charge in [-0.15, -0.1) is 0 Å². The number of amides is 1. The molecule has 1 aromatic rings. The van der Waals surface area contributed by atoms with E-state index in [-0.39, 0.29) is 18.3 Å². The molecule has 2 N–H and O–H groups in total. The van der Waals surface area contributed by atoms with E-state index >= 15 is 0 Å². The molecule has 1 amide bonds. The number of halogens is 1. The molecular weight excluding hydrogens is 195 g/mol. The van der Waals surface area contributed by atoms with Crippen LogP contribution in [0.4, 0.5) is 4.39 Å². The van der Waals surface area contributed by atoms with E-state index in [2.05, 4.69) is 0 Å². The van der Waals surface area contributed by atoms with Gasteiger partial charge < -0.3 is 5.73 Å². The van der Waals surface area contributed by atoms with Gasteiger partial charge in [-0.3, -0.25) is 9.69 Å². The molecule has 0 spiro atoms. The molecule has 4 heteroatoms. The number of likely N-dealkylation sites (N-methyl/N-ethyl adjacent to an activating group) is 1. The highest BCUT2D eigenvalue weighted by atomic mass is 19.1. The first-order valence-corrected chi connectivity index (χ1v) is 4.71. The van der Waals surface area contributed by atoms with Gasteiger partial charge in [0.2, 0.25) is 5.91 Å². The van der Waals surface area contributed by atoms with E-state index in [1.54, 1.807) is 31.0 Å². The molecule has 82 valence electrons. The van der Waals surface area contributed by atoms with Crippen molar-refractivity contribution in [3.05, 3.63) is 35.1 Å². The van der Waals surface area contributed by atoms with Crippen LogP contribution in [0.3, 0.4) is 0 Å². The number of carbonyl (C=O) groups is 1. The van der Waals surface area contributed by atoms with Gasteiger partial charge in [-0.1, -0.05) is 12.1 Å². The lowest BCUT2D eigenvalue weighted by Crippen LogP contribution is -2.30. The van der Waals surface area contributed by atoms with Crippen molar-refractivity contribution in [2.24, 2.45) is 5.73 Å². The van der Waals surface area contributed by atoms with E-state index in [0.717, 1.165) is 5.56 Å². The monoisotopic (exact) mass is 210 g/mol. The van der Waals surface area contributed by atoms with E-state index in [1.165, 1.54) is 6.07 Å². The fourth-order valence-electron chi connectivity index (χ4n) is 1.44. The van der Waals surface area contributed by atoms with Crippen molar-refractivity contribution in [3.63, 3.8) is 0 Å². The van der Waals surface area contributed by atoms with Gasteiger partial charge in [0.1, 0.15) is 5.82 Å². The first-order valence-electron chi connectivity index (χ1n) is 4.71. The summed E-state index contributed by atoms with van der Waals surface area (Å²) in [5.74, 6) is -0.576. The molecule has 1 rings (SSSR count). The molecule has 0 saturated heterocycles. The van der Waals surface area contributed by atoms with Crippen LogP contribution in [0, 0.1) is 12.7 Å². The molecule has 0 aliphatic carbocycles. The Kier molecular flexibility index (Phi) is 3.80. The minimum atomic E-state index is -0.365. The van der Waals surface area contributed by atoms with Crippen molar-refractivity contribution < 1.29 is 9.18 Å². The number of benzene rings is 1. The Bertz CT molecular complexity index is 366. The van der Waals surface area contributed by atoms with E-state index in [1.807, 2.05) is 0 Å². The van der Waals surface area contributed by atoms with Crippen molar-refractivity contribution in [1.29, 1.82) is 0 Å². The van der Waals surface area contributed by atoms with E-state index in [9.17, 15) is 9.18 Å². The highest BCUT2D eigenvalue weighted by molar-refractivity contribution is 5.75. The van der Waals surface area contributed by atoms with E-state index in [0.29, 0.717) is 12.1 Å². The van der Waals surface area contributed by atoms with Crippen LogP contribution < -0.4 is 5.73 Å². The van der Waals surface area contributed by atoms with Gasteiger partial charge in [-0.2, -0.15) is 0 Å². The zero-order valence-corrected chi connectivity index (χ0v) is 8.96. The van der Waals surface area contributed by atoms with Crippen LogP contribution in [-0.2, 0) is 11.3 Å². The molecule has 0 aliphatic rings. The Balaban J connectivity index is 2.64. The van der Waals surface area contributed by atoms with Crippen LogP contribution in [0.15, 0.2) is 18.2 Å². The molecule has 0 aliphatic heterocycles. The minimum Gasteiger partial charge on any atom is -0.369 e. The molecule has 15 heavy (non-hydrogen) atoms. The first-order chi connectivity index (χ1) is 6.99. The van der Waals surface area contributed by atoms with Crippen LogP contribution in [0.5, 0.6) is 0 Å². The van der Waals surface area contributed by atoms with Gasteiger partial charge in [-0.25, -0.2) is 4.39 Å². The number of nitrogens with zero attached hydrogens (tertiary/aromatic N) is 1. The number of aryl methyl sites for hydroxylation is 1. The van der Waals surface area contributed by atoms with Crippen molar-refractivity contribution in [2.45, 2.75) is 13.5 Å². The fourth-order valence-corrected chi connectivity index (χ4v) is 1.44. The van der Waals surface area contributed by atoms with Gasteiger partial charge in [0.25, 0.3) is 0 Å². The minimum absolute atomic E-state index is 0.205. The lowest BCUT2D eigenvalue weighted by atomic mass is 10.1. The Morgan fingerprint density at radius 2 is 2.20 bits per heavy atom. The summed E-state index contributed by atoms with van der Waals surface area (Å²) in [5, 5.41) is 0. The normalized spacial score (nSPS) is 10.7. The lowest BCUT2D eigenvalue weighted by molar-refractivity contribution is -0.118. The van der Waals surface area contributed by atoms with Gasteiger partial charge in [0.05, 0.1) is 6.54 Å². The highest BCUT2D eigenvalue weighted by Crippen LogP contribution is 2.10. The topological polar surface area (TPSA) is 46.3 Å². The largest absolute Gasteiger partial charge is 0.369 e. The predicted octanol–water partition coefficient (Wildman–Crippen LogP) is 1.05. The molecule has 0 unspecified atom stereocenters. The summed E-state index contributed by atoms with van der Waals surface area (Å²) in [6.45, 7) is 2.51. The zero-order chi connectivity index (χ0) is 11.4. The van der Waals surface area contributed by atoms with Crippen LogP contribution in [0.25, 0.3) is 0 Å². The molecule has 0 bridgehead atoms. The number of carbonyl (C=O) groups excluding carboxylic acids is 1. The van der Waals surface area contributed by atoms with Gasteiger partial charge in [0.15, 0.2) is 0 Å². The van der Waals surface area contributed by atoms with E-state index in [4.69, 9.17) is 5.73 Å². The maximum atomic E-state index is 13.0. The second-order valence-electron chi connectivity index (χ2n) is 3.72. The molecular formula is C11H15FN2O. The molecule has 0 aromatic heterocycles. The summed E-state index contributed by atoms with van der Waals surface area (Å²) in [6.07, 6.45) is 0. The average molecular weight is 210 g/mol. The summed E-state index contributed by atoms with van der Waals surface area (Å²) in [4.78, 5) is 12.4. The number of hydrogen-bond donors (Lipinski definition) is 1. The van der Waals surface area contributed by atoms with Crippen LogP contribution >= 0.6 is 0 Å². The van der Waals surface area contributed by atoms with Gasteiger partial charge in [0, 0.05) is 6.54 Å². The quantitative estimate of drug-likeness (QED) is 0.807. The average Bonchev–Trinajstić information content (AvgIpc) is 2.10. The molecule has 0 heterocycles. The number of primary amides is 1. The molecule has 3 nitrogen and oxygen atoms in total. The van der Waals surface area contributed by atoms with Crippen molar-refractivity contribution in [3.8, 4) is 0 Å². The molecule has 0 radical (unpaired) electrons. The van der Waals surface area contributed by atoms with Crippen LogP contribution in [0.1, 0.15) is 11.1 Å². The second-order valence-corrected chi connectivity index (χ2v) is 3.72. The SMILES string of the molecule is Cc1cc(CN(C)CC(N)=O)ccc1F. The molecule has 0 atom stereocenters. The second kappa shape index (κ2) is 4.89. The molecule has 1 aromatic carbocycles. The highest BCUT2D eigenvalue weighted by Gasteiger charge is 2.05. The summed E-state index contributed by atoms with van der Waals surface area (Å²) in [5.41, 5.74) is 6.64. The van der Waals surface area contributed by atoms with Gasteiger partial charge >= 0.3 is 0 Å². The third-order valence-electron chi connectivity index (χ3n) is 2.10. The first kappa shape index (κ1) is 11.7. The standard InChI is InChI=1S/C11H15FN2O/c1-8-5-9(3-4-10(8)12)6-14(2)7-11(13)15/h3-5H,6-7H2,1-2H3,(H2,13,15). The zero-order valence-electron chi connectivity index (χ0n) is 8.96. The third-order valence-corrected chi connectivity index (χ3v) is 2.10. The fraction of sp³-hybridized carbons (Fsp3) is 0.364. The number of rotatable bonds is 4. The summed E-state index contributed by atoms with van der Waals surface area (Å²) >= 11 is 0. The number of hydrogen-bond acceptors (Lipinski definition) is 2. The Morgan fingerprint density at radius 1 is 1.53 bits per heavy atom. The van der Waals surface area contributed by atoms with Crippen molar-refractivity contribution >= 4 is 5.91 Å². The van der Waals surface area contributed by atoms with Crippen LogP contribution in [0.2, 0.25) is 0 Å². The van der Waals surface area contributed by atoms with Crippen LogP contribution in [-0.4, -0.2) is 24.4 Å². The lowest BCUT2D eigenvalue weighted by Gasteiger charge is -2.14. The predicted molar refractivity (Wildman–Crippen MR) is 56.7 cm³/mol. The smallest absolute Gasteiger partial charge is 0.231 e.